The SMILES string of the molecule is COCc1c(C(=O)Nc2ccc(C)cc2Br)sc2cccc(F)c12. The van der Waals surface area contributed by atoms with Crippen molar-refractivity contribution in [3.05, 3.63) is 62.7 Å². The number of hydrogen-bond donors (Lipinski definition) is 1. The normalized spacial score (nSPS) is 11.0. The van der Waals surface area contributed by atoms with Gasteiger partial charge in [0.05, 0.1) is 17.2 Å². The maximum absolute atomic E-state index is 14.2. The van der Waals surface area contributed by atoms with Crippen molar-refractivity contribution in [1.82, 2.24) is 0 Å². The summed E-state index contributed by atoms with van der Waals surface area (Å²) in [5, 5.41) is 3.34. The first kappa shape index (κ1) is 17.1. The van der Waals surface area contributed by atoms with Crippen molar-refractivity contribution >= 4 is 48.9 Å². The van der Waals surface area contributed by atoms with Crippen molar-refractivity contribution in [3.63, 3.8) is 0 Å². The Labute approximate surface area is 151 Å². The first-order valence-corrected chi connectivity index (χ1v) is 8.88. The van der Waals surface area contributed by atoms with E-state index < -0.39 is 0 Å². The van der Waals surface area contributed by atoms with Crippen LogP contribution in [-0.4, -0.2) is 13.0 Å². The Hall–Kier alpha value is -1.76. The van der Waals surface area contributed by atoms with E-state index in [-0.39, 0.29) is 18.3 Å². The zero-order valence-electron chi connectivity index (χ0n) is 13.2. The van der Waals surface area contributed by atoms with E-state index in [0.717, 1.165) is 14.7 Å². The smallest absolute Gasteiger partial charge is 0.266 e. The number of anilines is 1. The summed E-state index contributed by atoms with van der Waals surface area (Å²) in [5.41, 5.74) is 2.34. The van der Waals surface area contributed by atoms with Gasteiger partial charge in [0.2, 0.25) is 0 Å². The number of carbonyl (C=O) groups excluding carboxylic acids is 1. The van der Waals surface area contributed by atoms with Gasteiger partial charge >= 0.3 is 0 Å². The Balaban J connectivity index is 2.03. The minimum Gasteiger partial charge on any atom is -0.380 e. The predicted octanol–water partition coefficient (Wildman–Crippen LogP) is 5.51. The molecule has 0 atom stereocenters. The van der Waals surface area contributed by atoms with Crippen LogP contribution in [0.15, 0.2) is 40.9 Å². The molecule has 1 amide bonds. The standard InChI is InChI=1S/C18H15BrFNO2S/c1-10-6-7-14(12(19)8-10)21-18(22)17-11(9-23-2)16-13(20)4-3-5-15(16)24-17/h3-8H,9H2,1-2H3,(H,21,22). The summed E-state index contributed by atoms with van der Waals surface area (Å²) in [7, 11) is 1.53. The van der Waals surface area contributed by atoms with Crippen LogP contribution in [0, 0.1) is 12.7 Å². The molecule has 24 heavy (non-hydrogen) atoms. The molecule has 124 valence electrons. The number of nitrogens with one attached hydrogen (secondary N) is 1. The van der Waals surface area contributed by atoms with Crippen molar-refractivity contribution in [2.24, 2.45) is 0 Å². The van der Waals surface area contributed by atoms with Gasteiger partial charge in [-0.1, -0.05) is 12.1 Å². The van der Waals surface area contributed by atoms with E-state index in [0.29, 0.717) is 21.5 Å². The van der Waals surface area contributed by atoms with Crippen molar-refractivity contribution in [2.75, 3.05) is 12.4 Å². The number of aryl methyl sites for hydroxylation is 1. The molecule has 0 saturated carbocycles. The third kappa shape index (κ3) is 3.22. The topological polar surface area (TPSA) is 38.3 Å². The molecule has 0 aliphatic rings. The van der Waals surface area contributed by atoms with E-state index in [1.54, 1.807) is 12.1 Å². The lowest BCUT2D eigenvalue weighted by molar-refractivity contribution is 0.102. The summed E-state index contributed by atoms with van der Waals surface area (Å²) in [5.74, 6) is -0.612. The van der Waals surface area contributed by atoms with Crippen LogP contribution in [0.5, 0.6) is 0 Å². The maximum Gasteiger partial charge on any atom is 0.266 e. The Morgan fingerprint density at radius 1 is 1.33 bits per heavy atom. The van der Waals surface area contributed by atoms with Crippen molar-refractivity contribution < 1.29 is 13.9 Å². The van der Waals surface area contributed by atoms with Crippen LogP contribution in [0.4, 0.5) is 10.1 Å². The first-order valence-electron chi connectivity index (χ1n) is 7.27. The Kier molecular flexibility index (Phi) is 4.99. The number of amides is 1. The number of ether oxygens (including phenoxy) is 1. The fourth-order valence-electron chi connectivity index (χ4n) is 2.53. The van der Waals surface area contributed by atoms with Gasteiger partial charge < -0.3 is 10.1 Å². The molecule has 0 bridgehead atoms. The molecule has 0 spiro atoms. The monoisotopic (exact) mass is 407 g/mol. The highest BCUT2D eigenvalue weighted by Crippen LogP contribution is 2.34. The minimum atomic E-state index is -0.341. The third-order valence-corrected chi connectivity index (χ3v) is 5.48. The van der Waals surface area contributed by atoms with Gasteiger partial charge in [-0.05, 0) is 52.7 Å². The van der Waals surface area contributed by atoms with Crippen LogP contribution in [0.2, 0.25) is 0 Å². The zero-order valence-corrected chi connectivity index (χ0v) is 15.6. The molecule has 2 aromatic carbocycles. The number of carbonyl (C=O) groups is 1. The summed E-state index contributed by atoms with van der Waals surface area (Å²) < 4.78 is 20.9. The summed E-state index contributed by atoms with van der Waals surface area (Å²) in [6.07, 6.45) is 0. The van der Waals surface area contributed by atoms with Gasteiger partial charge in [-0.25, -0.2) is 4.39 Å². The summed E-state index contributed by atoms with van der Waals surface area (Å²) in [6, 6.07) is 10.5. The molecule has 0 saturated heterocycles. The second-order valence-corrected chi connectivity index (χ2v) is 7.30. The van der Waals surface area contributed by atoms with E-state index >= 15 is 0 Å². The first-order chi connectivity index (χ1) is 11.5. The largest absolute Gasteiger partial charge is 0.380 e. The molecule has 0 aliphatic heterocycles. The quantitative estimate of drug-likeness (QED) is 0.618. The van der Waals surface area contributed by atoms with Gasteiger partial charge in [0, 0.05) is 27.2 Å². The summed E-state index contributed by atoms with van der Waals surface area (Å²) >= 11 is 4.71. The zero-order chi connectivity index (χ0) is 17.3. The molecule has 1 heterocycles. The molecule has 0 radical (unpaired) electrons. The average molecular weight is 408 g/mol. The summed E-state index contributed by atoms with van der Waals surface area (Å²) in [4.78, 5) is 13.2. The molecule has 0 unspecified atom stereocenters. The summed E-state index contributed by atoms with van der Waals surface area (Å²) in [6.45, 7) is 2.15. The molecular formula is C18H15BrFNO2S. The van der Waals surface area contributed by atoms with Gasteiger partial charge in [-0.2, -0.15) is 0 Å². The molecule has 0 fully saturated rings. The van der Waals surface area contributed by atoms with Gasteiger partial charge in [0.15, 0.2) is 0 Å². The van der Waals surface area contributed by atoms with Crippen LogP contribution < -0.4 is 5.32 Å². The lowest BCUT2D eigenvalue weighted by atomic mass is 10.1. The maximum atomic E-state index is 14.2. The minimum absolute atomic E-state index is 0.179. The van der Waals surface area contributed by atoms with E-state index in [9.17, 15) is 9.18 Å². The third-order valence-electron chi connectivity index (χ3n) is 3.63. The molecule has 3 aromatic rings. The number of hydrogen-bond acceptors (Lipinski definition) is 3. The highest BCUT2D eigenvalue weighted by molar-refractivity contribution is 9.10. The fraction of sp³-hybridized carbons (Fsp3) is 0.167. The van der Waals surface area contributed by atoms with E-state index in [4.69, 9.17) is 4.74 Å². The van der Waals surface area contributed by atoms with Crippen LogP contribution in [0.25, 0.3) is 10.1 Å². The van der Waals surface area contributed by atoms with Gasteiger partial charge in [0.25, 0.3) is 5.91 Å². The lowest BCUT2D eigenvalue weighted by Crippen LogP contribution is -2.13. The lowest BCUT2D eigenvalue weighted by Gasteiger charge is -2.09. The van der Waals surface area contributed by atoms with Crippen LogP contribution >= 0.6 is 27.3 Å². The Morgan fingerprint density at radius 3 is 2.83 bits per heavy atom. The van der Waals surface area contributed by atoms with Crippen molar-refractivity contribution in [3.8, 4) is 0 Å². The number of thiophene rings is 1. The highest BCUT2D eigenvalue weighted by Gasteiger charge is 2.21. The highest BCUT2D eigenvalue weighted by atomic mass is 79.9. The van der Waals surface area contributed by atoms with Crippen LogP contribution in [0.1, 0.15) is 20.8 Å². The van der Waals surface area contributed by atoms with Crippen LogP contribution in [-0.2, 0) is 11.3 Å². The van der Waals surface area contributed by atoms with E-state index in [2.05, 4.69) is 21.2 Å². The van der Waals surface area contributed by atoms with Crippen LogP contribution in [0.3, 0.4) is 0 Å². The molecule has 3 nitrogen and oxygen atoms in total. The number of rotatable bonds is 4. The second kappa shape index (κ2) is 7.01. The van der Waals surface area contributed by atoms with E-state index in [1.165, 1.54) is 24.5 Å². The number of methoxy groups -OCH3 is 1. The van der Waals surface area contributed by atoms with Gasteiger partial charge in [-0.3, -0.25) is 4.79 Å². The van der Waals surface area contributed by atoms with Crippen molar-refractivity contribution in [1.29, 1.82) is 0 Å². The molecule has 3 rings (SSSR count). The average Bonchev–Trinajstić information content (AvgIpc) is 2.91. The van der Waals surface area contributed by atoms with E-state index in [1.807, 2.05) is 25.1 Å². The molecule has 0 aliphatic carbocycles. The van der Waals surface area contributed by atoms with Gasteiger partial charge in [-0.15, -0.1) is 11.3 Å². The number of fused-ring (bicyclic) bond motifs is 1. The van der Waals surface area contributed by atoms with Crippen molar-refractivity contribution in [2.45, 2.75) is 13.5 Å². The Bertz CT molecular complexity index is 923. The fourth-order valence-corrected chi connectivity index (χ4v) is 4.24. The Morgan fingerprint density at radius 2 is 2.12 bits per heavy atom. The molecule has 1 N–H and O–H groups in total. The molecule has 1 aromatic heterocycles. The molecular weight excluding hydrogens is 393 g/mol. The molecule has 6 heteroatoms. The predicted molar refractivity (Wildman–Crippen MR) is 99.3 cm³/mol. The number of halogens is 2. The second-order valence-electron chi connectivity index (χ2n) is 5.39. The number of benzene rings is 2. The van der Waals surface area contributed by atoms with Gasteiger partial charge in [0.1, 0.15) is 5.82 Å².